The molecular formula is C11H12Cl2F2O. The third-order valence-corrected chi connectivity index (χ3v) is 2.68. The second-order valence-corrected chi connectivity index (χ2v) is 3.88. The Morgan fingerprint density at radius 1 is 1.19 bits per heavy atom. The van der Waals surface area contributed by atoms with Crippen LogP contribution in [0.3, 0.4) is 0 Å². The fourth-order valence-electron chi connectivity index (χ4n) is 1.40. The van der Waals surface area contributed by atoms with E-state index in [2.05, 4.69) is 4.74 Å². The normalized spacial score (nSPS) is 10.8. The van der Waals surface area contributed by atoms with Gasteiger partial charge in [0, 0.05) is 11.8 Å². The third-order valence-electron chi connectivity index (χ3n) is 2.13. The largest absolute Gasteiger partial charge is 0.435 e. The predicted molar refractivity (Wildman–Crippen MR) is 61.7 cm³/mol. The van der Waals surface area contributed by atoms with Crippen molar-refractivity contribution >= 4 is 23.2 Å². The first-order valence-electron chi connectivity index (χ1n) is 4.86. The summed E-state index contributed by atoms with van der Waals surface area (Å²) in [5.41, 5.74) is 1.84. The van der Waals surface area contributed by atoms with Gasteiger partial charge in [-0.05, 0) is 36.1 Å². The molecule has 1 aromatic carbocycles. The highest BCUT2D eigenvalue weighted by Crippen LogP contribution is 2.22. The van der Waals surface area contributed by atoms with E-state index in [0.29, 0.717) is 18.2 Å². The Labute approximate surface area is 103 Å². The highest BCUT2D eigenvalue weighted by atomic mass is 35.5. The van der Waals surface area contributed by atoms with Crippen LogP contribution in [0.25, 0.3) is 0 Å². The number of halogens is 4. The van der Waals surface area contributed by atoms with Gasteiger partial charge in [0.2, 0.25) is 0 Å². The quantitative estimate of drug-likeness (QED) is 0.703. The van der Waals surface area contributed by atoms with Gasteiger partial charge in [0.15, 0.2) is 0 Å². The topological polar surface area (TPSA) is 9.23 Å². The lowest BCUT2D eigenvalue weighted by molar-refractivity contribution is -0.0498. The lowest BCUT2D eigenvalue weighted by Gasteiger charge is -2.10. The summed E-state index contributed by atoms with van der Waals surface area (Å²) in [6, 6.07) is 4.79. The fourth-order valence-corrected chi connectivity index (χ4v) is 1.79. The maximum Gasteiger partial charge on any atom is 0.387 e. The Balaban J connectivity index is 2.83. The van der Waals surface area contributed by atoms with Gasteiger partial charge in [0.25, 0.3) is 0 Å². The summed E-state index contributed by atoms with van der Waals surface area (Å²) in [5.74, 6) is 1.04. The van der Waals surface area contributed by atoms with E-state index in [-0.39, 0.29) is 5.75 Å². The van der Waals surface area contributed by atoms with Crippen LogP contribution >= 0.6 is 23.2 Å². The van der Waals surface area contributed by atoms with Crippen LogP contribution < -0.4 is 4.74 Å². The van der Waals surface area contributed by atoms with E-state index >= 15 is 0 Å². The smallest absolute Gasteiger partial charge is 0.387 e. The molecule has 0 saturated carbocycles. The van der Waals surface area contributed by atoms with E-state index in [1.54, 1.807) is 12.1 Å². The number of hydrogen-bond donors (Lipinski definition) is 0. The minimum atomic E-state index is -2.80. The van der Waals surface area contributed by atoms with Gasteiger partial charge in [-0.2, -0.15) is 8.78 Å². The Hall–Kier alpha value is -0.540. The predicted octanol–water partition coefficient (Wildman–Crippen LogP) is 4.20. The summed E-state index contributed by atoms with van der Waals surface area (Å²) in [6.07, 6.45) is 1.50. The van der Waals surface area contributed by atoms with Crippen molar-refractivity contribution < 1.29 is 13.5 Å². The van der Waals surface area contributed by atoms with Crippen LogP contribution in [0.1, 0.15) is 17.5 Å². The zero-order valence-electron chi connectivity index (χ0n) is 8.56. The number of benzene rings is 1. The average molecular weight is 269 g/mol. The summed E-state index contributed by atoms with van der Waals surface area (Å²) in [7, 11) is 0. The van der Waals surface area contributed by atoms with E-state index < -0.39 is 6.61 Å². The van der Waals surface area contributed by atoms with Gasteiger partial charge in [-0.15, -0.1) is 23.2 Å². The van der Waals surface area contributed by atoms with E-state index in [4.69, 9.17) is 23.2 Å². The van der Waals surface area contributed by atoms with Crippen molar-refractivity contribution in [3.05, 3.63) is 29.3 Å². The maximum atomic E-state index is 12.0. The molecule has 0 aliphatic rings. The second kappa shape index (κ2) is 6.92. The molecule has 0 N–H and O–H groups in total. The van der Waals surface area contributed by atoms with E-state index in [9.17, 15) is 8.78 Å². The molecule has 0 atom stereocenters. The van der Waals surface area contributed by atoms with Gasteiger partial charge in [-0.25, -0.2) is 0 Å². The molecule has 0 fully saturated rings. The number of aryl methyl sites for hydroxylation is 1. The van der Waals surface area contributed by atoms with Crippen molar-refractivity contribution in [2.24, 2.45) is 0 Å². The Morgan fingerprint density at radius 3 is 2.50 bits per heavy atom. The number of ether oxygens (including phenoxy) is 1. The van der Waals surface area contributed by atoms with Crippen molar-refractivity contribution in [3.8, 4) is 5.75 Å². The third kappa shape index (κ3) is 4.14. The van der Waals surface area contributed by atoms with Crippen LogP contribution in [-0.2, 0) is 12.3 Å². The summed E-state index contributed by atoms with van der Waals surface area (Å²) < 4.78 is 28.4. The monoisotopic (exact) mass is 268 g/mol. The van der Waals surface area contributed by atoms with Crippen LogP contribution in [0.15, 0.2) is 18.2 Å². The Bertz CT molecular complexity index is 332. The van der Waals surface area contributed by atoms with Crippen LogP contribution in [0.4, 0.5) is 8.78 Å². The molecule has 0 radical (unpaired) electrons. The van der Waals surface area contributed by atoms with Gasteiger partial charge >= 0.3 is 6.61 Å². The minimum absolute atomic E-state index is 0.161. The second-order valence-electron chi connectivity index (χ2n) is 3.24. The lowest BCUT2D eigenvalue weighted by atomic mass is 10.0. The highest BCUT2D eigenvalue weighted by molar-refractivity contribution is 6.18. The summed E-state index contributed by atoms with van der Waals surface area (Å²) in [4.78, 5) is 0. The molecule has 0 heterocycles. The Kier molecular flexibility index (Phi) is 5.85. The number of hydrogen-bond acceptors (Lipinski definition) is 1. The molecule has 5 heteroatoms. The van der Waals surface area contributed by atoms with Crippen LogP contribution in [0.2, 0.25) is 0 Å². The molecule has 0 unspecified atom stereocenters. The minimum Gasteiger partial charge on any atom is -0.435 e. The summed E-state index contributed by atoms with van der Waals surface area (Å²) in [5, 5.41) is 0. The van der Waals surface area contributed by atoms with Gasteiger partial charge in [-0.1, -0.05) is 6.07 Å². The molecule has 16 heavy (non-hydrogen) atoms. The average Bonchev–Trinajstić information content (AvgIpc) is 2.25. The van der Waals surface area contributed by atoms with E-state index in [1.165, 1.54) is 6.07 Å². The summed E-state index contributed by atoms with van der Waals surface area (Å²) >= 11 is 11.3. The van der Waals surface area contributed by atoms with Crippen molar-refractivity contribution in [3.63, 3.8) is 0 Å². The molecule has 1 rings (SSSR count). The lowest BCUT2D eigenvalue weighted by Crippen LogP contribution is -2.03. The molecule has 90 valence electrons. The van der Waals surface area contributed by atoms with Crippen molar-refractivity contribution in [2.75, 3.05) is 5.88 Å². The zero-order valence-corrected chi connectivity index (χ0v) is 10.1. The fraction of sp³-hybridized carbons (Fsp3) is 0.455. The van der Waals surface area contributed by atoms with E-state index in [1.807, 2.05) is 0 Å². The molecule has 0 bridgehead atoms. The molecule has 0 amide bonds. The molecule has 0 aliphatic carbocycles. The van der Waals surface area contributed by atoms with Crippen molar-refractivity contribution in [1.29, 1.82) is 0 Å². The molecule has 1 aromatic rings. The van der Waals surface area contributed by atoms with Crippen LogP contribution in [0, 0.1) is 0 Å². The molecule has 0 aromatic heterocycles. The molecular weight excluding hydrogens is 257 g/mol. The highest BCUT2D eigenvalue weighted by Gasteiger charge is 2.07. The first kappa shape index (κ1) is 13.5. The summed E-state index contributed by atoms with van der Waals surface area (Å²) in [6.45, 7) is -2.80. The molecule has 0 saturated heterocycles. The standard InChI is InChI=1S/C11H12Cl2F2O/c12-5-1-2-8-6-10(16-11(14)15)4-3-9(8)7-13/h3-4,6,11H,1-2,5,7H2. The van der Waals surface area contributed by atoms with Crippen molar-refractivity contribution in [1.82, 2.24) is 0 Å². The van der Waals surface area contributed by atoms with E-state index in [0.717, 1.165) is 17.5 Å². The van der Waals surface area contributed by atoms with Gasteiger partial charge < -0.3 is 4.74 Å². The van der Waals surface area contributed by atoms with Gasteiger partial charge in [0.1, 0.15) is 5.75 Å². The first-order chi connectivity index (χ1) is 7.67. The number of rotatable bonds is 6. The maximum absolute atomic E-state index is 12.0. The molecule has 0 spiro atoms. The first-order valence-corrected chi connectivity index (χ1v) is 5.92. The molecule has 0 aliphatic heterocycles. The molecule has 1 nitrogen and oxygen atoms in total. The van der Waals surface area contributed by atoms with Gasteiger partial charge in [-0.3, -0.25) is 0 Å². The van der Waals surface area contributed by atoms with Gasteiger partial charge in [0.05, 0.1) is 0 Å². The van der Waals surface area contributed by atoms with Crippen LogP contribution in [0.5, 0.6) is 5.75 Å². The zero-order chi connectivity index (χ0) is 12.0. The Morgan fingerprint density at radius 2 is 1.94 bits per heavy atom. The SMILES string of the molecule is FC(F)Oc1ccc(CCl)c(CCCCl)c1. The number of alkyl halides is 4. The van der Waals surface area contributed by atoms with Crippen LogP contribution in [-0.4, -0.2) is 12.5 Å². The van der Waals surface area contributed by atoms with Crippen molar-refractivity contribution in [2.45, 2.75) is 25.3 Å².